The van der Waals surface area contributed by atoms with Crippen molar-refractivity contribution in [3.8, 4) is 0 Å². The second kappa shape index (κ2) is 8.92. The van der Waals surface area contributed by atoms with Crippen LogP contribution >= 0.6 is 11.6 Å². The molecule has 0 spiro atoms. The van der Waals surface area contributed by atoms with Gasteiger partial charge in [-0.1, -0.05) is 23.7 Å². The van der Waals surface area contributed by atoms with E-state index in [1.807, 2.05) is 24.0 Å². The third kappa shape index (κ3) is 4.38. The summed E-state index contributed by atoms with van der Waals surface area (Å²) >= 11 is 6.17. The van der Waals surface area contributed by atoms with Crippen LogP contribution in [0.2, 0.25) is 5.02 Å². The maximum atomic E-state index is 12.6. The van der Waals surface area contributed by atoms with E-state index in [2.05, 4.69) is 10.2 Å². The van der Waals surface area contributed by atoms with E-state index >= 15 is 0 Å². The van der Waals surface area contributed by atoms with Crippen LogP contribution in [0.3, 0.4) is 0 Å². The quantitative estimate of drug-likeness (QED) is 0.808. The van der Waals surface area contributed by atoms with Gasteiger partial charge in [0, 0.05) is 30.7 Å². The Kier molecular flexibility index (Phi) is 6.30. The van der Waals surface area contributed by atoms with Gasteiger partial charge in [-0.25, -0.2) is 4.79 Å². The first kappa shape index (κ1) is 20.5. The molecule has 2 amide bonds. The second-order valence-electron chi connectivity index (χ2n) is 8.40. The van der Waals surface area contributed by atoms with Crippen molar-refractivity contribution in [1.29, 1.82) is 0 Å². The molecule has 2 unspecified atom stereocenters. The Hall–Kier alpha value is -1.79. The van der Waals surface area contributed by atoms with Gasteiger partial charge in [-0.05, 0) is 64.1 Å². The van der Waals surface area contributed by atoms with Crippen LogP contribution < -0.4 is 5.32 Å². The molecular formula is C22H30ClN3O3. The smallest absolute Gasteiger partial charge is 0.410 e. The molecule has 0 saturated carbocycles. The summed E-state index contributed by atoms with van der Waals surface area (Å²) in [6.07, 6.45) is 6.05. The summed E-state index contributed by atoms with van der Waals surface area (Å²) in [6.45, 7) is 4.20. The predicted octanol–water partition coefficient (Wildman–Crippen LogP) is 3.69. The van der Waals surface area contributed by atoms with Crippen LogP contribution in [-0.2, 0) is 4.74 Å². The minimum Gasteiger partial charge on any atom is -0.450 e. The molecule has 158 valence electrons. The molecule has 2 bridgehead atoms. The lowest BCUT2D eigenvalue weighted by molar-refractivity contribution is 0.0309. The zero-order chi connectivity index (χ0) is 20.4. The molecule has 3 aliphatic heterocycles. The fourth-order valence-corrected chi connectivity index (χ4v) is 5.53. The summed E-state index contributed by atoms with van der Waals surface area (Å²) in [7, 11) is 0. The highest BCUT2D eigenvalue weighted by molar-refractivity contribution is 6.33. The fraction of sp³-hybridized carbons (Fsp3) is 0.636. The molecule has 1 aromatic rings. The molecule has 3 fully saturated rings. The Morgan fingerprint density at radius 3 is 2.55 bits per heavy atom. The van der Waals surface area contributed by atoms with Crippen molar-refractivity contribution >= 4 is 23.6 Å². The van der Waals surface area contributed by atoms with Gasteiger partial charge in [-0.15, -0.1) is 0 Å². The average molecular weight is 420 g/mol. The lowest BCUT2D eigenvalue weighted by atomic mass is 9.93. The molecule has 0 aromatic heterocycles. The number of likely N-dealkylation sites (tertiary alicyclic amines) is 1. The summed E-state index contributed by atoms with van der Waals surface area (Å²) in [5.41, 5.74) is 0.534. The van der Waals surface area contributed by atoms with Crippen LogP contribution in [0, 0.1) is 0 Å². The van der Waals surface area contributed by atoms with Gasteiger partial charge in [-0.2, -0.15) is 0 Å². The number of rotatable bonds is 4. The molecular weight excluding hydrogens is 390 g/mol. The van der Waals surface area contributed by atoms with Gasteiger partial charge in [-0.3, -0.25) is 9.69 Å². The van der Waals surface area contributed by atoms with E-state index in [1.165, 1.54) is 0 Å². The van der Waals surface area contributed by atoms with Gasteiger partial charge in [0.15, 0.2) is 0 Å². The van der Waals surface area contributed by atoms with Crippen LogP contribution in [-0.4, -0.2) is 65.7 Å². The largest absolute Gasteiger partial charge is 0.450 e. The highest BCUT2D eigenvalue weighted by Crippen LogP contribution is 2.38. The zero-order valence-electron chi connectivity index (χ0n) is 17.0. The van der Waals surface area contributed by atoms with Crippen LogP contribution in [0.4, 0.5) is 4.79 Å². The topological polar surface area (TPSA) is 61.9 Å². The van der Waals surface area contributed by atoms with Crippen molar-refractivity contribution in [2.45, 2.75) is 69.6 Å². The van der Waals surface area contributed by atoms with Crippen molar-refractivity contribution in [2.75, 3.05) is 19.7 Å². The van der Waals surface area contributed by atoms with Crippen molar-refractivity contribution in [1.82, 2.24) is 15.1 Å². The summed E-state index contributed by atoms with van der Waals surface area (Å²) in [4.78, 5) is 29.5. The monoisotopic (exact) mass is 419 g/mol. The fourth-order valence-electron chi connectivity index (χ4n) is 5.31. The van der Waals surface area contributed by atoms with Gasteiger partial charge in [0.1, 0.15) is 0 Å². The number of fused-ring (bicyclic) bond motifs is 2. The third-order valence-corrected chi connectivity index (χ3v) is 6.94. The molecule has 1 aromatic carbocycles. The van der Waals surface area contributed by atoms with Crippen LogP contribution in [0.1, 0.15) is 55.8 Å². The Morgan fingerprint density at radius 2 is 1.86 bits per heavy atom. The number of hydrogen-bond donors (Lipinski definition) is 1. The Morgan fingerprint density at radius 1 is 1.14 bits per heavy atom. The van der Waals surface area contributed by atoms with E-state index in [9.17, 15) is 9.59 Å². The van der Waals surface area contributed by atoms with E-state index < -0.39 is 0 Å². The van der Waals surface area contributed by atoms with E-state index in [1.54, 1.807) is 12.1 Å². The normalized spacial score (nSPS) is 29.5. The molecule has 0 aliphatic carbocycles. The lowest BCUT2D eigenvalue weighted by Gasteiger charge is -2.45. The van der Waals surface area contributed by atoms with Gasteiger partial charge < -0.3 is 15.0 Å². The summed E-state index contributed by atoms with van der Waals surface area (Å²) in [5, 5.41) is 3.66. The lowest BCUT2D eigenvalue weighted by Crippen LogP contribution is -2.56. The molecule has 29 heavy (non-hydrogen) atoms. The number of carbonyl (C=O) groups is 2. The van der Waals surface area contributed by atoms with Crippen LogP contribution in [0.5, 0.6) is 0 Å². The van der Waals surface area contributed by atoms with Crippen molar-refractivity contribution in [2.24, 2.45) is 0 Å². The summed E-state index contributed by atoms with van der Waals surface area (Å²) < 4.78 is 5.27. The van der Waals surface area contributed by atoms with Crippen molar-refractivity contribution in [3.05, 3.63) is 34.9 Å². The molecule has 4 rings (SSSR count). The molecule has 3 heterocycles. The minimum absolute atomic E-state index is 0.0975. The van der Waals surface area contributed by atoms with Crippen LogP contribution in [0.25, 0.3) is 0 Å². The first-order chi connectivity index (χ1) is 14.1. The number of nitrogens with zero attached hydrogens (tertiary/aromatic N) is 2. The standard InChI is InChI=1S/C22H30ClN3O3/c1-2-29-22(28)26-16-9-10-17(26)13-18(12-16)25-11-5-6-15(14-25)24-21(27)19-7-3-4-8-20(19)23/h3-4,7-8,15-18H,2,5-6,9-14H2,1H3,(H,24,27)/t15-,16?,17?,18?/m1/s1. The van der Waals surface area contributed by atoms with E-state index in [4.69, 9.17) is 16.3 Å². The van der Waals surface area contributed by atoms with E-state index in [0.717, 1.165) is 51.6 Å². The third-order valence-electron chi connectivity index (χ3n) is 6.61. The number of halogens is 1. The van der Waals surface area contributed by atoms with Gasteiger partial charge >= 0.3 is 6.09 Å². The minimum atomic E-state index is -0.151. The zero-order valence-corrected chi connectivity index (χ0v) is 17.7. The highest BCUT2D eigenvalue weighted by atomic mass is 35.5. The van der Waals surface area contributed by atoms with E-state index in [-0.39, 0.29) is 30.1 Å². The number of ether oxygens (including phenoxy) is 1. The van der Waals surface area contributed by atoms with Crippen molar-refractivity contribution < 1.29 is 14.3 Å². The molecule has 0 radical (unpaired) electrons. The average Bonchev–Trinajstić information content (AvgIpc) is 2.98. The number of piperidine rings is 2. The Bertz CT molecular complexity index is 745. The summed E-state index contributed by atoms with van der Waals surface area (Å²) in [5.74, 6) is -0.0975. The van der Waals surface area contributed by atoms with Gasteiger partial charge in [0.25, 0.3) is 5.91 Å². The highest BCUT2D eigenvalue weighted by Gasteiger charge is 2.45. The number of hydrogen-bond acceptors (Lipinski definition) is 4. The number of benzene rings is 1. The Labute approximate surface area is 177 Å². The predicted molar refractivity (Wildman–Crippen MR) is 112 cm³/mol. The van der Waals surface area contributed by atoms with Crippen LogP contribution in [0.15, 0.2) is 24.3 Å². The molecule has 3 atom stereocenters. The number of carbonyl (C=O) groups excluding carboxylic acids is 2. The van der Waals surface area contributed by atoms with E-state index in [0.29, 0.717) is 23.2 Å². The maximum absolute atomic E-state index is 12.6. The first-order valence-electron chi connectivity index (χ1n) is 10.8. The number of nitrogens with one attached hydrogen (secondary N) is 1. The van der Waals surface area contributed by atoms with Crippen molar-refractivity contribution in [3.63, 3.8) is 0 Å². The Balaban J connectivity index is 1.35. The number of amides is 2. The SMILES string of the molecule is CCOC(=O)N1C2CCC1CC(N1CCC[C@@H](NC(=O)c3ccccc3Cl)C1)C2. The molecule has 1 N–H and O–H groups in total. The molecule has 3 saturated heterocycles. The molecule has 3 aliphatic rings. The summed E-state index contributed by atoms with van der Waals surface area (Å²) in [6, 6.07) is 8.36. The van der Waals surface area contributed by atoms with Gasteiger partial charge in [0.2, 0.25) is 0 Å². The molecule has 7 heteroatoms. The van der Waals surface area contributed by atoms with Gasteiger partial charge in [0.05, 0.1) is 17.2 Å². The maximum Gasteiger partial charge on any atom is 0.410 e. The second-order valence-corrected chi connectivity index (χ2v) is 8.81. The molecule has 6 nitrogen and oxygen atoms in total. The first-order valence-corrected chi connectivity index (χ1v) is 11.2.